The molecular weight excluding hydrogens is 152 g/mol. The van der Waals surface area contributed by atoms with Gasteiger partial charge in [0.2, 0.25) is 0 Å². The summed E-state index contributed by atoms with van der Waals surface area (Å²) in [5, 5.41) is 3.44. The summed E-state index contributed by atoms with van der Waals surface area (Å²) in [5.74, 6) is 0. The Morgan fingerprint density at radius 3 is 2.33 bits per heavy atom. The van der Waals surface area contributed by atoms with E-state index in [1.165, 1.54) is 0 Å². The second kappa shape index (κ2) is 5.51. The molecule has 1 unspecified atom stereocenters. The van der Waals surface area contributed by atoms with Crippen molar-refractivity contribution in [2.45, 2.75) is 38.8 Å². The monoisotopic (exact) mass is 174 g/mol. The van der Waals surface area contributed by atoms with Gasteiger partial charge in [-0.15, -0.1) is 0 Å². The summed E-state index contributed by atoms with van der Waals surface area (Å²) in [5.41, 5.74) is 5.67. The van der Waals surface area contributed by atoms with E-state index in [0.717, 1.165) is 6.42 Å². The first-order chi connectivity index (χ1) is 5.60. The second-order valence-electron chi connectivity index (χ2n) is 3.57. The molecule has 0 radical (unpaired) electrons. The smallest absolute Gasteiger partial charge is 0.0656 e. The fourth-order valence-corrected chi connectivity index (χ4v) is 1.40. The SMILES string of the molecule is CCC(CN)(COC)NC(C)C. The minimum absolute atomic E-state index is 0.0388. The van der Waals surface area contributed by atoms with Crippen molar-refractivity contribution in [1.82, 2.24) is 5.32 Å². The molecule has 0 heterocycles. The fourth-order valence-electron chi connectivity index (χ4n) is 1.40. The van der Waals surface area contributed by atoms with Gasteiger partial charge in [-0.2, -0.15) is 0 Å². The quantitative estimate of drug-likeness (QED) is 0.624. The minimum atomic E-state index is -0.0388. The first kappa shape index (κ1) is 11.9. The van der Waals surface area contributed by atoms with Crippen molar-refractivity contribution in [2.24, 2.45) is 5.73 Å². The maximum atomic E-state index is 5.71. The van der Waals surface area contributed by atoms with Crippen LogP contribution in [-0.4, -0.2) is 31.8 Å². The summed E-state index contributed by atoms with van der Waals surface area (Å²) < 4.78 is 5.15. The molecule has 0 spiro atoms. The highest BCUT2D eigenvalue weighted by Gasteiger charge is 2.26. The normalized spacial score (nSPS) is 16.5. The summed E-state index contributed by atoms with van der Waals surface area (Å²) >= 11 is 0. The van der Waals surface area contributed by atoms with Gasteiger partial charge >= 0.3 is 0 Å². The van der Waals surface area contributed by atoms with Crippen molar-refractivity contribution in [2.75, 3.05) is 20.3 Å². The molecule has 0 aromatic carbocycles. The third-order valence-corrected chi connectivity index (χ3v) is 2.08. The zero-order valence-corrected chi connectivity index (χ0v) is 8.68. The maximum absolute atomic E-state index is 5.71. The Hall–Kier alpha value is -0.120. The number of methoxy groups -OCH3 is 1. The molecule has 0 amide bonds. The lowest BCUT2D eigenvalue weighted by Gasteiger charge is -2.34. The van der Waals surface area contributed by atoms with Crippen LogP contribution in [0.3, 0.4) is 0 Å². The molecule has 0 fully saturated rings. The lowest BCUT2D eigenvalue weighted by molar-refractivity contribution is 0.104. The Balaban J connectivity index is 4.13. The molecule has 3 nitrogen and oxygen atoms in total. The first-order valence-corrected chi connectivity index (χ1v) is 4.57. The molecule has 0 bridgehead atoms. The van der Waals surface area contributed by atoms with Gasteiger partial charge in [-0.05, 0) is 6.42 Å². The summed E-state index contributed by atoms with van der Waals surface area (Å²) in [6.07, 6.45) is 0.996. The standard InChI is InChI=1S/C9H22N2O/c1-5-9(6-10,7-12-4)11-8(2)3/h8,11H,5-7,10H2,1-4H3. The molecule has 0 saturated carbocycles. The van der Waals surface area contributed by atoms with Crippen LogP contribution in [0.5, 0.6) is 0 Å². The highest BCUT2D eigenvalue weighted by molar-refractivity contribution is 4.88. The molecule has 0 saturated heterocycles. The van der Waals surface area contributed by atoms with Gasteiger partial charge in [-0.1, -0.05) is 20.8 Å². The van der Waals surface area contributed by atoms with Crippen LogP contribution in [0.15, 0.2) is 0 Å². The predicted molar refractivity (Wildman–Crippen MR) is 52.2 cm³/mol. The van der Waals surface area contributed by atoms with Crippen LogP contribution in [0, 0.1) is 0 Å². The van der Waals surface area contributed by atoms with Crippen molar-refractivity contribution in [3.05, 3.63) is 0 Å². The fraction of sp³-hybridized carbons (Fsp3) is 1.00. The van der Waals surface area contributed by atoms with Crippen molar-refractivity contribution < 1.29 is 4.74 Å². The largest absolute Gasteiger partial charge is 0.383 e. The van der Waals surface area contributed by atoms with E-state index in [9.17, 15) is 0 Å². The van der Waals surface area contributed by atoms with Crippen molar-refractivity contribution in [1.29, 1.82) is 0 Å². The summed E-state index contributed by atoms with van der Waals surface area (Å²) in [7, 11) is 1.71. The number of nitrogens with two attached hydrogens (primary N) is 1. The van der Waals surface area contributed by atoms with E-state index >= 15 is 0 Å². The van der Waals surface area contributed by atoms with Crippen LogP contribution in [-0.2, 0) is 4.74 Å². The van der Waals surface area contributed by atoms with E-state index < -0.39 is 0 Å². The van der Waals surface area contributed by atoms with Crippen LogP contribution in [0.4, 0.5) is 0 Å². The summed E-state index contributed by atoms with van der Waals surface area (Å²) in [6.45, 7) is 7.67. The minimum Gasteiger partial charge on any atom is -0.383 e. The van der Waals surface area contributed by atoms with Crippen LogP contribution in [0.2, 0.25) is 0 Å². The molecule has 0 rings (SSSR count). The van der Waals surface area contributed by atoms with E-state index in [4.69, 9.17) is 10.5 Å². The van der Waals surface area contributed by atoms with Gasteiger partial charge in [-0.3, -0.25) is 0 Å². The van der Waals surface area contributed by atoms with Crippen molar-refractivity contribution in [3.63, 3.8) is 0 Å². The summed E-state index contributed by atoms with van der Waals surface area (Å²) in [6, 6.07) is 0.448. The van der Waals surface area contributed by atoms with Crippen molar-refractivity contribution in [3.8, 4) is 0 Å². The van der Waals surface area contributed by atoms with Gasteiger partial charge < -0.3 is 15.8 Å². The number of hydrogen-bond acceptors (Lipinski definition) is 3. The third kappa shape index (κ3) is 3.52. The van der Waals surface area contributed by atoms with Gasteiger partial charge in [-0.25, -0.2) is 0 Å². The van der Waals surface area contributed by atoms with E-state index in [-0.39, 0.29) is 5.54 Å². The van der Waals surface area contributed by atoms with Crippen LogP contribution >= 0.6 is 0 Å². The highest BCUT2D eigenvalue weighted by atomic mass is 16.5. The van der Waals surface area contributed by atoms with Gasteiger partial charge in [0, 0.05) is 19.7 Å². The Morgan fingerprint density at radius 2 is 2.08 bits per heavy atom. The molecule has 74 valence electrons. The molecule has 0 aromatic heterocycles. The van der Waals surface area contributed by atoms with Gasteiger partial charge in [0.1, 0.15) is 0 Å². The molecule has 12 heavy (non-hydrogen) atoms. The first-order valence-electron chi connectivity index (χ1n) is 4.57. The van der Waals surface area contributed by atoms with Crippen LogP contribution < -0.4 is 11.1 Å². The Kier molecular flexibility index (Phi) is 5.46. The lowest BCUT2D eigenvalue weighted by atomic mass is 9.96. The van der Waals surface area contributed by atoms with Gasteiger partial charge in [0.05, 0.1) is 12.1 Å². The zero-order valence-electron chi connectivity index (χ0n) is 8.68. The average Bonchev–Trinajstić information content (AvgIpc) is 2.03. The van der Waals surface area contributed by atoms with Crippen LogP contribution in [0.1, 0.15) is 27.2 Å². The average molecular weight is 174 g/mol. The van der Waals surface area contributed by atoms with Gasteiger partial charge in [0.25, 0.3) is 0 Å². The molecule has 0 aliphatic rings. The predicted octanol–water partition coefficient (Wildman–Crippen LogP) is 0.738. The zero-order chi connectivity index (χ0) is 9.61. The van der Waals surface area contributed by atoms with Crippen molar-refractivity contribution >= 4 is 0 Å². The maximum Gasteiger partial charge on any atom is 0.0656 e. The highest BCUT2D eigenvalue weighted by Crippen LogP contribution is 2.09. The van der Waals surface area contributed by atoms with E-state index in [1.54, 1.807) is 7.11 Å². The molecule has 3 heteroatoms. The Bertz CT molecular complexity index is 111. The van der Waals surface area contributed by atoms with E-state index in [2.05, 4.69) is 26.1 Å². The Labute approximate surface area is 75.7 Å². The lowest BCUT2D eigenvalue weighted by Crippen LogP contribution is -2.56. The Morgan fingerprint density at radius 1 is 1.50 bits per heavy atom. The second-order valence-corrected chi connectivity index (χ2v) is 3.57. The molecule has 0 aliphatic heterocycles. The van der Waals surface area contributed by atoms with Gasteiger partial charge in [0.15, 0.2) is 0 Å². The van der Waals surface area contributed by atoms with E-state index in [1.807, 2.05) is 0 Å². The summed E-state index contributed by atoms with van der Waals surface area (Å²) in [4.78, 5) is 0. The molecule has 3 N–H and O–H groups in total. The van der Waals surface area contributed by atoms with Crippen LogP contribution in [0.25, 0.3) is 0 Å². The number of rotatable bonds is 6. The van der Waals surface area contributed by atoms with E-state index in [0.29, 0.717) is 19.2 Å². The number of nitrogens with one attached hydrogen (secondary N) is 1. The number of hydrogen-bond donors (Lipinski definition) is 2. The molecular formula is C9H22N2O. The molecule has 1 atom stereocenters. The number of ether oxygens (including phenoxy) is 1. The molecule has 0 aliphatic carbocycles. The molecule has 0 aromatic rings. The third-order valence-electron chi connectivity index (χ3n) is 2.08. The topological polar surface area (TPSA) is 47.3 Å².